The summed E-state index contributed by atoms with van der Waals surface area (Å²) in [4.78, 5) is 30.3. The van der Waals surface area contributed by atoms with Crippen molar-refractivity contribution in [1.82, 2.24) is 0 Å². The predicted octanol–water partition coefficient (Wildman–Crippen LogP) is 7.74. The van der Waals surface area contributed by atoms with Gasteiger partial charge in [-0.2, -0.15) is 0 Å². The fourth-order valence-corrected chi connectivity index (χ4v) is 5.52. The van der Waals surface area contributed by atoms with Crippen LogP contribution in [0.5, 0.6) is 0 Å². The summed E-state index contributed by atoms with van der Waals surface area (Å²) in [6, 6.07) is 15.2. The molecule has 0 N–H and O–H groups in total. The van der Waals surface area contributed by atoms with E-state index in [0.717, 1.165) is 25.7 Å². The quantitative estimate of drug-likeness (QED) is 0.214. The van der Waals surface area contributed by atoms with Crippen LogP contribution in [-0.2, 0) is 12.8 Å². The zero-order valence-electron chi connectivity index (χ0n) is 17.9. The smallest absolute Gasteiger partial charge is 0.203 e. The molecule has 0 aliphatic rings. The Hall–Kier alpha value is -2.04. The van der Waals surface area contributed by atoms with Crippen LogP contribution < -0.4 is 0 Å². The summed E-state index contributed by atoms with van der Waals surface area (Å²) in [5.41, 5.74) is 1.01. The number of thiophene rings is 2. The Morgan fingerprint density at radius 3 is 1.47 bits per heavy atom. The van der Waals surface area contributed by atoms with E-state index >= 15 is 0 Å². The number of rotatable bonds is 12. The zero-order valence-corrected chi connectivity index (χ0v) is 19.5. The van der Waals surface area contributed by atoms with Crippen LogP contribution in [0.4, 0.5) is 0 Å². The van der Waals surface area contributed by atoms with Gasteiger partial charge in [-0.1, -0.05) is 63.8 Å². The summed E-state index contributed by atoms with van der Waals surface area (Å²) in [7, 11) is 0. The molecule has 2 aromatic heterocycles. The third kappa shape index (κ3) is 5.77. The normalized spacial score (nSPS) is 11.0. The second kappa shape index (κ2) is 11.4. The molecule has 0 atom stereocenters. The molecular formula is C26H30O2S2. The van der Waals surface area contributed by atoms with E-state index in [1.165, 1.54) is 35.4 Å². The first-order chi connectivity index (χ1) is 14.6. The number of carbonyl (C=O) groups is 2. The highest BCUT2D eigenvalue weighted by Gasteiger charge is 2.21. The summed E-state index contributed by atoms with van der Waals surface area (Å²) in [6.07, 6.45) is 9.13. The lowest BCUT2D eigenvalue weighted by atomic mass is 9.98. The Bertz CT molecular complexity index is 901. The standard InChI is InChI=1S/C26H30O2S2/c1-3-5-7-11-19-15-17-23(29-19)25(27)21-13-9-10-14-22(21)26(28)24-18-16-20(30-24)12-8-6-4-2/h9-10,13-18H,3-8,11-12H2,1-2H3. The average molecular weight is 439 g/mol. The zero-order chi connectivity index (χ0) is 21.3. The Kier molecular flexibility index (Phi) is 8.59. The lowest BCUT2D eigenvalue weighted by Crippen LogP contribution is -2.09. The molecule has 0 radical (unpaired) electrons. The van der Waals surface area contributed by atoms with Gasteiger partial charge in [-0.05, 0) is 49.9 Å². The molecule has 3 aromatic rings. The van der Waals surface area contributed by atoms with Crippen LogP contribution in [0, 0.1) is 0 Å². The minimum Gasteiger partial charge on any atom is -0.288 e. The number of aryl methyl sites for hydroxylation is 2. The van der Waals surface area contributed by atoms with Crippen molar-refractivity contribution in [3.05, 3.63) is 79.2 Å². The highest BCUT2D eigenvalue weighted by atomic mass is 32.1. The van der Waals surface area contributed by atoms with Crippen LogP contribution in [0.25, 0.3) is 0 Å². The number of hydrogen-bond acceptors (Lipinski definition) is 4. The highest BCUT2D eigenvalue weighted by Crippen LogP contribution is 2.27. The van der Waals surface area contributed by atoms with Crippen molar-refractivity contribution < 1.29 is 9.59 Å². The van der Waals surface area contributed by atoms with Gasteiger partial charge in [-0.15, -0.1) is 22.7 Å². The van der Waals surface area contributed by atoms with Crippen molar-refractivity contribution in [3.63, 3.8) is 0 Å². The summed E-state index contributed by atoms with van der Waals surface area (Å²) >= 11 is 3.12. The molecule has 0 bridgehead atoms. The maximum atomic E-state index is 13.2. The van der Waals surface area contributed by atoms with Crippen molar-refractivity contribution in [2.75, 3.05) is 0 Å². The van der Waals surface area contributed by atoms with Crippen LogP contribution in [0.3, 0.4) is 0 Å². The first kappa shape index (κ1) is 22.6. The van der Waals surface area contributed by atoms with Crippen LogP contribution >= 0.6 is 22.7 Å². The SMILES string of the molecule is CCCCCc1ccc(C(=O)c2ccccc2C(=O)c2ccc(CCCCC)s2)s1. The van der Waals surface area contributed by atoms with Gasteiger partial charge in [0.2, 0.25) is 11.6 Å². The van der Waals surface area contributed by atoms with E-state index in [4.69, 9.17) is 0 Å². The van der Waals surface area contributed by atoms with Crippen LogP contribution in [0.1, 0.15) is 92.6 Å². The number of unbranched alkanes of at least 4 members (excludes halogenated alkanes) is 4. The predicted molar refractivity (Wildman–Crippen MR) is 128 cm³/mol. The summed E-state index contributed by atoms with van der Waals surface area (Å²) in [6.45, 7) is 4.39. The number of ketones is 2. The van der Waals surface area contributed by atoms with Gasteiger partial charge in [0, 0.05) is 20.9 Å². The van der Waals surface area contributed by atoms with Crippen LogP contribution in [0.15, 0.2) is 48.5 Å². The molecule has 0 spiro atoms. The summed E-state index contributed by atoms with van der Waals surface area (Å²) in [5.74, 6) is -0.101. The molecule has 0 unspecified atom stereocenters. The van der Waals surface area contributed by atoms with Gasteiger partial charge in [0.25, 0.3) is 0 Å². The maximum Gasteiger partial charge on any atom is 0.203 e. The maximum absolute atomic E-state index is 13.2. The topological polar surface area (TPSA) is 34.1 Å². The molecule has 0 amide bonds. The first-order valence-electron chi connectivity index (χ1n) is 11.0. The molecule has 30 heavy (non-hydrogen) atoms. The Morgan fingerprint density at radius 1 is 0.633 bits per heavy atom. The molecule has 0 fully saturated rings. The fourth-order valence-electron chi connectivity index (χ4n) is 3.51. The van der Waals surface area contributed by atoms with Crippen molar-refractivity contribution >= 4 is 34.2 Å². The summed E-state index contributed by atoms with van der Waals surface area (Å²) in [5, 5.41) is 0. The number of benzene rings is 1. The lowest BCUT2D eigenvalue weighted by Gasteiger charge is -2.06. The molecule has 0 aliphatic heterocycles. The van der Waals surface area contributed by atoms with E-state index < -0.39 is 0 Å². The van der Waals surface area contributed by atoms with Gasteiger partial charge >= 0.3 is 0 Å². The van der Waals surface area contributed by atoms with Gasteiger partial charge in [0.1, 0.15) is 0 Å². The van der Waals surface area contributed by atoms with Gasteiger partial charge < -0.3 is 0 Å². The van der Waals surface area contributed by atoms with Crippen molar-refractivity contribution in [2.24, 2.45) is 0 Å². The molecule has 2 heterocycles. The third-order valence-corrected chi connectivity index (χ3v) is 7.53. The van der Waals surface area contributed by atoms with E-state index in [2.05, 4.69) is 26.0 Å². The molecule has 0 saturated heterocycles. The first-order valence-corrected chi connectivity index (χ1v) is 12.6. The molecule has 0 saturated carbocycles. The van der Waals surface area contributed by atoms with Crippen molar-refractivity contribution in [2.45, 2.75) is 65.2 Å². The van der Waals surface area contributed by atoms with E-state index in [1.807, 2.05) is 24.3 Å². The third-order valence-electron chi connectivity index (χ3n) is 5.24. The molecule has 2 nitrogen and oxygen atoms in total. The van der Waals surface area contributed by atoms with Gasteiger partial charge in [-0.3, -0.25) is 9.59 Å². The summed E-state index contributed by atoms with van der Waals surface area (Å²) < 4.78 is 0. The number of carbonyl (C=O) groups excluding carboxylic acids is 2. The molecular weight excluding hydrogens is 408 g/mol. The van der Waals surface area contributed by atoms with Crippen LogP contribution in [-0.4, -0.2) is 11.6 Å². The fraction of sp³-hybridized carbons (Fsp3) is 0.385. The highest BCUT2D eigenvalue weighted by molar-refractivity contribution is 7.14. The minimum atomic E-state index is -0.0505. The van der Waals surface area contributed by atoms with Gasteiger partial charge in [0.05, 0.1) is 9.75 Å². The Balaban J connectivity index is 1.77. The van der Waals surface area contributed by atoms with E-state index in [1.54, 1.807) is 34.8 Å². The lowest BCUT2D eigenvalue weighted by molar-refractivity contribution is 0.101. The van der Waals surface area contributed by atoms with Crippen LogP contribution in [0.2, 0.25) is 0 Å². The second-order valence-corrected chi connectivity index (χ2v) is 9.99. The van der Waals surface area contributed by atoms with Gasteiger partial charge in [0.15, 0.2) is 0 Å². The van der Waals surface area contributed by atoms with E-state index in [0.29, 0.717) is 20.9 Å². The average Bonchev–Trinajstić information content (AvgIpc) is 3.43. The van der Waals surface area contributed by atoms with E-state index in [9.17, 15) is 9.59 Å². The molecule has 3 rings (SSSR count). The number of hydrogen-bond donors (Lipinski definition) is 0. The molecule has 1 aromatic carbocycles. The van der Waals surface area contributed by atoms with Crippen molar-refractivity contribution in [1.29, 1.82) is 0 Å². The Labute approximate surface area is 188 Å². The monoisotopic (exact) mass is 438 g/mol. The molecule has 158 valence electrons. The molecule has 0 aliphatic carbocycles. The minimum absolute atomic E-state index is 0.0505. The Morgan fingerprint density at radius 2 is 1.07 bits per heavy atom. The van der Waals surface area contributed by atoms with Gasteiger partial charge in [-0.25, -0.2) is 0 Å². The molecule has 4 heteroatoms. The second-order valence-electron chi connectivity index (χ2n) is 7.65. The van der Waals surface area contributed by atoms with E-state index in [-0.39, 0.29) is 11.6 Å². The van der Waals surface area contributed by atoms with Crippen molar-refractivity contribution in [3.8, 4) is 0 Å². The largest absolute Gasteiger partial charge is 0.288 e.